The van der Waals surface area contributed by atoms with E-state index in [1.807, 2.05) is 0 Å². The molecule has 2 aromatic carbocycles. The fourth-order valence-corrected chi connectivity index (χ4v) is 4.50. The van der Waals surface area contributed by atoms with Gasteiger partial charge in [0.15, 0.2) is 0 Å². The molecule has 0 saturated carbocycles. The fourth-order valence-electron chi connectivity index (χ4n) is 2.99. The third kappa shape index (κ3) is 6.42. The van der Waals surface area contributed by atoms with Crippen LogP contribution in [0.4, 0.5) is 4.39 Å². The van der Waals surface area contributed by atoms with Crippen LogP contribution in [0, 0.1) is 12.7 Å². The first-order chi connectivity index (χ1) is 13.3. The molecule has 0 amide bonds. The lowest BCUT2D eigenvalue weighted by Gasteiger charge is -2.20. The van der Waals surface area contributed by atoms with Crippen LogP contribution in [0.15, 0.2) is 53.4 Å². The van der Waals surface area contributed by atoms with E-state index in [2.05, 4.69) is 9.46 Å². The molecule has 28 heavy (non-hydrogen) atoms. The van der Waals surface area contributed by atoms with E-state index in [4.69, 9.17) is 0 Å². The molecule has 1 unspecified atom stereocenters. The quantitative estimate of drug-likeness (QED) is 0.471. The molecule has 0 aliphatic rings. The van der Waals surface area contributed by atoms with Gasteiger partial charge in [0.2, 0.25) is 10.0 Å². The van der Waals surface area contributed by atoms with Crippen molar-refractivity contribution < 1.29 is 22.3 Å². The normalized spacial score (nSPS) is 12.5. The number of ether oxygens (including phenoxy) is 1. The van der Waals surface area contributed by atoms with Crippen LogP contribution < -0.4 is 4.72 Å². The standard InChI is InChI=1S/C21H26FNO4S/c1-16-8-6-7-10-20(16)28(25,26)23-19(17-12-14-18(22)15-13-17)9-4-3-5-11-21(24)27-2/h6-8,10,12-15,19,23H,3-5,9,11H2,1-2H3. The Morgan fingerprint density at radius 1 is 1.07 bits per heavy atom. The van der Waals surface area contributed by atoms with Crippen molar-refractivity contribution in [2.75, 3.05) is 7.11 Å². The number of hydrogen-bond donors (Lipinski definition) is 1. The van der Waals surface area contributed by atoms with Gasteiger partial charge in [-0.2, -0.15) is 0 Å². The number of nitrogens with one attached hydrogen (secondary N) is 1. The highest BCUT2D eigenvalue weighted by molar-refractivity contribution is 7.89. The maximum Gasteiger partial charge on any atom is 0.305 e. The highest BCUT2D eigenvalue weighted by Crippen LogP contribution is 2.24. The third-order valence-corrected chi connectivity index (χ3v) is 6.19. The molecule has 0 spiro atoms. The number of unbranched alkanes of at least 4 members (excludes halogenated alkanes) is 2. The number of carbonyl (C=O) groups excluding carboxylic acids is 1. The number of esters is 1. The lowest BCUT2D eigenvalue weighted by atomic mass is 10.0. The van der Waals surface area contributed by atoms with E-state index >= 15 is 0 Å². The molecule has 0 aromatic heterocycles. The molecule has 5 nitrogen and oxygen atoms in total. The largest absolute Gasteiger partial charge is 0.469 e. The van der Waals surface area contributed by atoms with Crippen molar-refractivity contribution in [2.45, 2.75) is 50.0 Å². The van der Waals surface area contributed by atoms with Crippen LogP contribution in [0.2, 0.25) is 0 Å². The number of sulfonamides is 1. The van der Waals surface area contributed by atoms with Gasteiger partial charge in [-0.1, -0.05) is 43.2 Å². The van der Waals surface area contributed by atoms with E-state index in [-0.39, 0.29) is 16.7 Å². The van der Waals surface area contributed by atoms with E-state index in [1.54, 1.807) is 43.3 Å². The fraction of sp³-hybridized carbons (Fsp3) is 0.381. The second kappa shape index (κ2) is 10.3. The maximum atomic E-state index is 13.3. The first-order valence-electron chi connectivity index (χ1n) is 9.23. The van der Waals surface area contributed by atoms with Gasteiger partial charge in [-0.15, -0.1) is 0 Å². The van der Waals surface area contributed by atoms with Crippen molar-refractivity contribution in [3.8, 4) is 0 Å². The lowest BCUT2D eigenvalue weighted by Crippen LogP contribution is -2.29. The Morgan fingerprint density at radius 2 is 1.75 bits per heavy atom. The maximum absolute atomic E-state index is 13.3. The van der Waals surface area contributed by atoms with E-state index in [0.29, 0.717) is 30.4 Å². The third-order valence-electron chi connectivity index (χ3n) is 4.55. The van der Waals surface area contributed by atoms with Crippen LogP contribution in [0.3, 0.4) is 0 Å². The molecule has 152 valence electrons. The van der Waals surface area contributed by atoms with Crippen molar-refractivity contribution in [2.24, 2.45) is 0 Å². The Labute approximate surface area is 166 Å². The minimum absolute atomic E-state index is 0.229. The van der Waals surface area contributed by atoms with Crippen molar-refractivity contribution in [1.82, 2.24) is 4.72 Å². The number of halogens is 1. The molecule has 7 heteroatoms. The van der Waals surface area contributed by atoms with Gasteiger partial charge in [0.1, 0.15) is 5.82 Å². The second-order valence-electron chi connectivity index (χ2n) is 6.67. The average molecular weight is 408 g/mol. The van der Waals surface area contributed by atoms with Crippen molar-refractivity contribution in [3.05, 3.63) is 65.5 Å². The molecular formula is C21H26FNO4S. The zero-order valence-electron chi connectivity index (χ0n) is 16.2. The van der Waals surface area contributed by atoms with Crippen molar-refractivity contribution in [3.63, 3.8) is 0 Å². The smallest absolute Gasteiger partial charge is 0.305 e. The van der Waals surface area contributed by atoms with E-state index in [0.717, 1.165) is 12.8 Å². The number of carbonyl (C=O) groups is 1. The predicted molar refractivity (Wildman–Crippen MR) is 106 cm³/mol. The molecule has 0 heterocycles. The number of benzene rings is 2. The molecule has 0 saturated heterocycles. The van der Waals surface area contributed by atoms with Crippen LogP contribution in [-0.4, -0.2) is 21.5 Å². The number of methoxy groups -OCH3 is 1. The Balaban J connectivity index is 2.11. The van der Waals surface area contributed by atoms with Crippen molar-refractivity contribution >= 4 is 16.0 Å². The van der Waals surface area contributed by atoms with Crippen LogP contribution in [-0.2, 0) is 19.6 Å². The van der Waals surface area contributed by atoms with Crippen LogP contribution in [0.25, 0.3) is 0 Å². The monoisotopic (exact) mass is 407 g/mol. The van der Waals surface area contributed by atoms with Crippen LogP contribution in [0.5, 0.6) is 0 Å². The summed E-state index contributed by atoms with van der Waals surface area (Å²) < 4.78 is 46.4. The Bertz CT molecular complexity index is 882. The van der Waals surface area contributed by atoms with E-state index in [1.165, 1.54) is 19.2 Å². The molecule has 0 aliphatic carbocycles. The molecule has 2 aromatic rings. The Kier molecular flexibility index (Phi) is 8.14. The summed E-state index contributed by atoms with van der Waals surface area (Å²) in [6.45, 7) is 1.74. The summed E-state index contributed by atoms with van der Waals surface area (Å²) in [5.74, 6) is -0.627. The SMILES string of the molecule is COC(=O)CCCCCC(NS(=O)(=O)c1ccccc1C)c1ccc(F)cc1. The van der Waals surface area contributed by atoms with E-state index < -0.39 is 16.1 Å². The van der Waals surface area contributed by atoms with Gasteiger partial charge < -0.3 is 4.74 Å². The highest BCUT2D eigenvalue weighted by Gasteiger charge is 2.22. The van der Waals surface area contributed by atoms with Gasteiger partial charge in [-0.3, -0.25) is 4.79 Å². The van der Waals surface area contributed by atoms with E-state index in [9.17, 15) is 17.6 Å². The number of rotatable bonds is 10. The first-order valence-corrected chi connectivity index (χ1v) is 10.7. The topological polar surface area (TPSA) is 72.5 Å². The number of hydrogen-bond acceptors (Lipinski definition) is 4. The molecule has 0 fully saturated rings. The second-order valence-corrected chi connectivity index (χ2v) is 8.35. The van der Waals surface area contributed by atoms with Gasteiger partial charge in [-0.25, -0.2) is 17.5 Å². The summed E-state index contributed by atoms with van der Waals surface area (Å²) >= 11 is 0. The number of aryl methyl sites for hydroxylation is 1. The minimum atomic E-state index is -3.73. The summed E-state index contributed by atoms with van der Waals surface area (Å²) in [6.07, 6.45) is 3.03. The minimum Gasteiger partial charge on any atom is -0.469 e. The van der Waals surface area contributed by atoms with Gasteiger partial charge >= 0.3 is 5.97 Å². The zero-order valence-corrected chi connectivity index (χ0v) is 17.0. The molecule has 2 rings (SSSR count). The van der Waals surface area contributed by atoms with Gasteiger partial charge in [0, 0.05) is 12.5 Å². The summed E-state index contributed by atoms with van der Waals surface area (Å²) in [4.78, 5) is 11.4. The average Bonchev–Trinajstić information content (AvgIpc) is 2.67. The Morgan fingerprint density at radius 3 is 2.39 bits per heavy atom. The summed E-state index contributed by atoms with van der Waals surface area (Å²) in [7, 11) is -2.37. The molecule has 1 atom stereocenters. The van der Waals surface area contributed by atoms with Crippen LogP contribution in [0.1, 0.15) is 49.3 Å². The van der Waals surface area contributed by atoms with Crippen LogP contribution >= 0.6 is 0 Å². The zero-order chi connectivity index (χ0) is 20.6. The highest BCUT2D eigenvalue weighted by atomic mass is 32.2. The van der Waals surface area contributed by atoms with Gasteiger partial charge in [-0.05, 0) is 49.1 Å². The molecule has 0 bridgehead atoms. The summed E-state index contributed by atoms with van der Waals surface area (Å²) in [5.41, 5.74) is 1.36. The molecule has 0 radical (unpaired) electrons. The van der Waals surface area contributed by atoms with Crippen molar-refractivity contribution in [1.29, 1.82) is 0 Å². The summed E-state index contributed by atoms with van der Waals surface area (Å²) in [6, 6.07) is 12.1. The van der Waals surface area contributed by atoms with Gasteiger partial charge in [0.25, 0.3) is 0 Å². The molecular weight excluding hydrogens is 381 g/mol. The van der Waals surface area contributed by atoms with Gasteiger partial charge in [0.05, 0.1) is 12.0 Å². The first kappa shape index (κ1) is 22.0. The molecule has 1 N–H and O–H groups in total. The predicted octanol–water partition coefficient (Wildman–Crippen LogP) is 4.28. The lowest BCUT2D eigenvalue weighted by molar-refractivity contribution is -0.140. The Hall–Kier alpha value is -2.25. The molecule has 0 aliphatic heterocycles. The summed E-state index contributed by atoms with van der Waals surface area (Å²) in [5, 5.41) is 0.